The first kappa shape index (κ1) is 30.0. The van der Waals surface area contributed by atoms with Gasteiger partial charge in [0.25, 0.3) is 0 Å². The Morgan fingerprint density at radius 3 is 1.64 bits per heavy atom. The normalized spacial score (nSPS) is 18.2. The Morgan fingerprint density at radius 2 is 1.24 bits per heavy atom. The van der Waals surface area contributed by atoms with Gasteiger partial charge in [-0.25, -0.2) is 4.79 Å². The van der Waals surface area contributed by atoms with Crippen LogP contribution in [0, 0.1) is 0 Å². The van der Waals surface area contributed by atoms with Gasteiger partial charge in [-0.3, -0.25) is 14.4 Å². The fourth-order valence-corrected chi connectivity index (χ4v) is 2.72. The molecule has 0 aromatic rings. The van der Waals surface area contributed by atoms with Crippen LogP contribution in [0.2, 0.25) is 0 Å². The number of ether oxygens (including phenoxy) is 1. The van der Waals surface area contributed by atoms with Gasteiger partial charge >= 0.3 is 5.97 Å². The average Bonchev–Trinajstić information content (AvgIpc) is 2.75. The Morgan fingerprint density at radius 1 is 0.788 bits per heavy atom. The van der Waals surface area contributed by atoms with E-state index in [1.54, 1.807) is 0 Å². The van der Waals surface area contributed by atoms with E-state index >= 15 is 0 Å². The van der Waals surface area contributed by atoms with Gasteiger partial charge in [0, 0.05) is 20.8 Å². The maximum Gasteiger partial charge on any atom is 0.338 e. The molecule has 0 saturated carbocycles. The van der Waals surface area contributed by atoms with Gasteiger partial charge in [-0.15, -0.1) is 0 Å². The van der Waals surface area contributed by atoms with Crippen molar-refractivity contribution in [1.29, 1.82) is 0 Å². The van der Waals surface area contributed by atoms with Crippen molar-refractivity contribution in [3.63, 3.8) is 0 Å². The number of carbonyl (C=O) groups excluding carboxylic acids is 6. The van der Waals surface area contributed by atoms with Gasteiger partial charge in [0.05, 0.1) is 12.6 Å². The quantitative estimate of drug-likeness (QED) is 0.0857. The van der Waals surface area contributed by atoms with Gasteiger partial charge in [-0.2, -0.15) is 0 Å². The van der Waals surface area contributed by atoms with Gasteiger partial charge in [0.2, 0.25) is 17.7 Å². The SMILES string of the molecule is CC(=O)N[C@@H]([C@H](O)[C@H](O)C(=O)O[C@@H]([C@H](O)[C@H](O)CO)[C@H](C=O)NC(C)=O)[C@@H](C=O)NC(C)=O. The van der Waals surface area contributed by atoms with Crippen LogP contribution in [-0.2, 0) is 33.5 Å². The summed E-state index contributed by atoms with van der Waals surface area (Å²) in [5.74, 6) is -4.04. The zero-order valence-electron chi connectivity index (χ0n) is 18.1. The molecule has 33 heavy (non-hydrogen) atoms. The standard InChI is InChI=1S/C18H29N3O12/c1-7(25)19-10(4-22)13(21-9(3)27)15(30)16(31)18(32)33-17(14(29)12(28)6-24)11(5-23)20-8(2)26/h4-5,10-17,24,28-31H,6H2,1-3H3,(H,19,25)(H,20,26)(H,21,27)/t10-,11+,12-,13-,14-,15+,16+,17-/m1/s1. The number of aliphatic hydroxyl groups is 5. The second kappa shape index (κ2) is 14.2. The molecule has 15 nitrogen and oxygen atoms in total. The predicted octanol–water partition coefficient (Wildman–Crippen LogP) is -5.75. The van der Waals surface area contributed by atoms with E-state index in [2.05, 4.69) is 10.6 Å². The number of aliphatic hydroxyl groups excluding tert-OH is 5. The second-order valence-electron chi connectivity index (χ2n) is 7.03. The number of amides is 3. The van der Waals surface area contributed by atoms with E-state index in [9.17, 15) is 49.2 Å². The second-order valence-corrected chi connectivity index (χ2v) is 7.03. The molecule has 0 radical (unpaired) electrons. The van der Waals surface area contributed by atoms with Gasteiger partial charge < -0.3 is 55.8 Å². The average molecular weight is 479 g/mol. The zero-order valence-corrected chi connectivity index (χ0v) is 18.1. The van der Waals surface area contributed by atoms with Crippen LogP contribution in [0.4, 0.5) is 0 Å². The molecule has 3 amide bonds. The number of aldehydes is 2. The molecule has 8 atom stereocenters. The first-order valence-corrected chi connectivity index (χ1v) is 9.56. The molecule has 15 heteroatoms. The third-order valence-electron chi connectivity index (χ3n) is 4.25. The van der Waals surface area contributed by atoms with Crippen molar-refractivity contribution >= 4 is 36.3 Å². The van der Waals surface area contributed by atoms with Gasteiger partial charge in [-0.05, 0) is 0 Å². The van der Waals surface area contributed by atoms with Crippen LogP contribution in [0.1, 0.15) is 20.8 Å². The molecule has 188 valence electrons. The number of rotatable bonds is 14. The number of hydrogen-bond acceptors (Lipinski definition) is 12. The molecule has 0 aliphatic carbocycles. The minimum atomic E-state index is -2.51. The minimum absolute atomic E-state index is 0.0504. The van der Waals surface area contributed by atoms with E-state index in [1.165, 1.54) is 0 Å². The molecule has 0 bridgehead atoms. The van der Waals surface area contributed by atoms with Crippen LogP contribution >= 0.6 is 0 Å². The Labute approximate surface area is 188 Å². The van der Waals surface area contributed by atoms with Crippen molar-refractivity contribution in [2.24, 2.45) is 0 Å². The Hall–Kier alpha value is -2.98. The van der Waals surface area contributed by atoms with Gasteiger partial charge in [0.1, 0.15) is 43.0 Å². The van der Waals surface area contributed by atoms with Crippen molar-refractivity contribution in [2.75, 3.05) is 6.61 Å². The van der Waals surface area contributed by atoms with Crippen LogP contribution in [-0.4, -0.2) is 117 Å². The summed E-state index contributed by atoms with van der Waals surface area (Å²) in [5.41, 5.74) is 0. The van der Waals surface area contributed by atoms with E-state index in [0.717, 1.165) is 20.8 Å². The van der Waals surface area contributed by atoms with E-state index in [0.29, 0.717) is 0 Å². The summed E-state index contributed by atoms with van der Waals surface area (Å²) < 4.78 is 4.82. The van der Waals surface area contributed by atoms with E-state index in [-0.39, 0.29) is 12.6 Å². The highest BCUT2D eigenvalue weighted by atomic mass is 16.6. The van der Waals surface area contributed by atoms with Crippen molar-refractivity contribution in [3.05, 3.63) is 0 Å². The van der Waals surface area contributed by atoms with Crippen LogP contribution in [0.15, 0.2) is 0 Å². The van der Waals surface area contributed by atoms with Crippen molar-refractivity contribution < 1.29 is 59.0 Å². The smallest absolute Gasteiger partial charge is 0.338 e. The molecular formula is C18H29N3O12. The number of nitrogens with one attached hydrogen (secondary N) is 3. The maximum atomic E-state index is 12.4. The highest BCUT2D eigenvalue weighted by molar-refractivity contribution is 5.81. The third kappa shape index (κ3) is 9.58. The summed E-state index contributed by atoms with van der Waals surface area (Å²) in [6.45, 7) is 1.97. The minimum Gasteiger partial charge on any atom is -0.455 e. The number of carbonyl (C=O) groups is 6. The zero-order chi connectivity index (χ0) is 25.9. The summed E-state index contributed by atoms with van der Waals surface area (Å²) in [6.07, 6.45) is -10.7. The lowest BCUT2D eigenvalue weighted by Crippen LogP contribution is -2.62. The largest absolute Gasteiger partial charge is 0.455 e. The summed E-state index contributed by atoms with van der Waals surface area (Å²) in [5, 5.41) is 55.6. The summed E-state index contributed by atoms with van der Waals surface area (Å²) in [4.78, 5) is 69.1. The molecule has 0 unspecified atom stereocenters. The molecule has 0 saturated heterocycles. The third-order valence-corrected chi connectivity index (χ3v) is 4.25. The van der Waals surface area contributed by atoms with Crippen LogP contribution in [0.25, 0.3) is 0 Å². The van der Waals surface area contributed by atoms with E-state index in [1.807, 2.05) is 5.32 Å². The molecule has 0 aromatic heterocycles. The Bertz CT molecular complexity index is 718. The Kier molecular flexibility index (Phi) is 12.9. The molecule has 8 N–H and O–H groups in total. The molecular weight excluding hydrogens is 450 g/mol. The lowest BCUT2D eigenvalue weighted by molar-refractivity contribution is -0.181. The molecule has 0 rings (SSSR count). The first-order valence-electron chi connectivity index (χ1n) is 9.56. The van der Waals surface area contributed by atoms with Crippen molar-refractivity contribution in [3.8, 4) is 0 Å². The van der Waals surface area contributed by atoms with Crippen LogP contribution in [0.5, 0.6) is 0 Å². The first-order chi connectivity index (χ1) is 15.3. The number of esters is 1. The highest BCUT2D eigenvalue weighted by Crippen LogP contribution is 2.13. The molecule has 0 heterocycles. The van der Waals surface area contributed by atoms with Gasteiger partial charge in [0.15, 0.2) is 12.2 Å². The fourth-order valence-electron chi connectivity index (χ4n) is 2.72. The molecule has 0 fully saturated rings. The fraction of sp³-hybridized carbons (Fsp3) is 0.667. The summed E-state index contributed by atoms with van der Waals surface area (Å²) >= 11 is 0. The highest BCUT2D eigenvalue weighted by Gasteiger charge is 2.42. The van der Waals surface area contributed by atoms with E-state index < -0.39 is 78.9 Å². The monoisotopic (exact) mass is 479 g/mol. The van der Waals surface area contributed by atoms with Crippen LogP contribution < -0.4 is 16.0 Å². The van der Waals surface area contributed by atoms with Crippen LogP contribution in [0.3, 0.4) is 0 Å². The topological polar surface area (TPSA) is 249 Å². The summed E-state index contributed by atoms with van der Waals surface area (Å²) in [6, 6.07) is -5.03. The number of hydrogen-bond donors (Lipinski definition) is 8. The Balaban J connectivity index is 5.87. The van der Waals surface area contributed by atoms with Crippen molar-refractivity contribution in [1.82, 2.24) is 16.0 Å². The lowest BCUT2D eigenvalue weighted by Gasteiger charge is -2.33. The predicted molar refractivity (Wildman–Crippen MR) is 106 cm³/mol. The molecule has 0 aromatic carbocycles. The molecule has 0 aliphatic rings. The molecule has 0 aliphatic heterocycles. The van der Waals surface area contributed by atoms with Gasteiger partial charge in [-0.1, -0.05) is 0 Å². The molecule has 0 spiro atoms. The van der Waals surface area contributed by atoms with E-state index in [4.69, 9.17) is 9.84 Å². The van der Waals surface area contributed by atoms with Crippen molar-refractivity contribution in [2.45, 2.75) is 69.4 Å². The lowest BCUT2D eigenvalue weighted by atomic mass is 9.97. The summed E-state index contributed by atoms with van der Waals surface area (Å²) in [7, 11) is 0. The maximum absolute atomic E-state index is 12.4.